The molecule has 3 rings (SSSR count). The zero-order chi connectivity index (χ0) is 24.7. The van der Waals surface area contributed by atoms with Gasteiger partial charge >= 0.3 is 6.03 Å². The highest BCUT2D eigenvalue weighted by Crippen LogP contribution is 2.24. The van der Waals surface area contributed by atoms with E-state index in [1.54, 1.807) is 53.4 Å². The molecule has 1 aliphatic rings. The average Bonchev–Trinajstić information content (AvgIpc) is 2.82. The zero-order valence-electron chi connectivity index (χ0n) is 19.3. The minimum Gasteiger partial charge on any atom is -0.352 e. The van der Waals surface area contributed by atoms with Crippen molar-refractivity contribution in [3.8, 4) is 0 Å². The second-order valence-corrected chi connectivity index (χ2v) is 9.36. The summed E-state index contributed by atoms with van der Waals surface area (Å²) < 4.78 is 0. The molecule has 2 aromatic rings. The standard InChI is InChI=1S/C25H30Cl2N4O3/c1-3-16(2)28-24(33)22(30-23(32)20-9-4-5-10-21(20)27)17-11-13-31(14-12-17)25(34)29-19-8-6-7-18(26)15-19/h4-10,15-17,22H,3,11-14H2,1-2H3,(H,28,33)(H,29,34)(H,30,32)/t16-,22+/m1/s1. The summed E-state index contributed by atoms with van der Waals surface area (Å²) in [7, 11) is 0. The molecule has 1 aliphatic heterocycles. The molecule has 34 heavy (non-hydrogen) atoms. The van der Waals surface area contributed by atoms with E-state index < -0.39 is 11.9 Å². The fourth-order valence-electron chi connectivity index (χ4n) is 3.90. The van der Waals surface area contributed by atoms with Gasteiger partial charge in [0.2, 0.25) is 5.91 Å². The van der Waals surface area contributed by atoms with E-state index in [-0.39, 0.29) is 23.9 Å². The molecule has 0 aromatic heterocycles. The van der Waals surface area contributed by atoms with Crippen molar-refractivity contribution in [2.24, 2.45) is 5.92 Å². The van der Waals surface area contributed by atoms with Gasteiger partial charge in [0, 0.05) is 29.8 Å². The topological polar surface area (TPSA) is 90.5 Å². The van der Waals surface area contributed by atoms with Gasteiger partial charge < -0.3 is 20.9 Å². The molecule has 1 saturated heterocycles. The van der Waals surface area contributed by atoms with Crippen LogP contribution >= 0.6 is 23.2 Å². The van der Waals surface area contributed by atoms with Gasteiger partial charge in [-0.05, 0) is 62.4 Å². The first-order chi connectivity index (χ1) is 16.3. The molecule has 3 N–H and O–H groups in total. The molecule has 2 atom stereocenters. The number of amides is 4. The van der Waals surface area contributed by atoms with E-state index in [9.17, 15) is 14.4 Å². The molecule has 1 heterocycles. The van der Waals surface area contributed by atoms with Crippen molar-refractivity contribution in [3.63, 3.8) is 0 Å². The predicted molar refractivity (Wildman–Crippen MR) is 135 cm³/mol. The third-order valence-corrected chi connectivity index (χ3v) is 6.63. The van der Waals surface area contributed by atoms with Gasteiger partial charge in [0.15, 0.2) is 0 Å². The van der Waals surface area contributed by atoms with Gasteiger partial charge in [-0.2, -0.15) is 0 Å². The third-order valence-electron chi connectivity index (χ3n) is 6.06. The SMILES string of the molecule is CC[C@@H](C)NC(=O)[C@@H](NC(=O)c1ccccc1Cl)C1CCN(C(=O)Nc2cccc(Cl)c2)CC1. The number of benzene rings is 2. The number of anilines is 1. The monoisotopic (exact) mass is 504 g/mol. The Bertz CT molecular complexity index is 1020. The smallest absolute Gasteiger partial charge is 0.321 e. The van der Waals surface area contributed by atoms with E-state index in [1.807, 2.05) is 13.8 Å². The van der Waals surface area contributed by atoms with Crippen LogP contribution in [0, 0.1) is 5.92 Å². The first-order valence-electron chi connectivity index (χ1n) is 11.5. The molecule has 0 radical (unpaired) electrons. The number of halogens is 2. The molecule has 1 fully saturated rings. The summed E-state index contributed by atoms with van der Waals surface area (Å²) >= 11 is 12.2. The first kappa shape index (κ1) is 25.8. The third kappa shape index (κ3) is 6.87. The molecule has 4 amide bonds. The minimum atomic E-state index is -0.726. The van der Waals surface area contributed by atoms with Gasteiger partial charge in [-0.25, -0.2) is 4.79 Å². The van der Waals surface area contributed by atoms with E-state index in [4.69, 9.17) is 23.2 Å². The van der Waals surface area contributed by atoms with Crippen molar-refractivity contribution in [3.05, 3.63) is 64.1 Å². The Morgan fingerprint density at radius 2 is 1.74 bits per heavy atom. The number of nitrogens with zero attached hydrogens (tertiary/aromatic N) is 1. The van der Waals surface area contributed by atoms with E-state index in [0.717, 1.165) is 6.42 Å². The highest BCUT2D eigenvalue weighted by Gasteiger charge is 2.34. The van der Waals surface area contributed by atoms with Crippen LogP contribution in [0.4, 0.5) is 10.5 Å². The van der Waals surface area contributed by atoms with E-state index in [1.165, 1.54) is 0 Å². The van der Waals surface area contributed by atoms with Gasteiger partial charge in [-0.1, -0.05) is 48.3 Å². The molecular weight excluding hydrogens is 475 g/mol. The first-order valence-corrected chi connectivity index (χ1v) is 12.2. The van der Waals surface area contributed by atoms with Gasteiger partial charge in [0.25, 0.3) is 5.91 Å². The number of nitrogens with one attached hydrogen (secondary N) is 3. The largest absolute Gasteiger partial charge is 0.352 e. The predicted octanol–water partition coefficient (Wildman–Crippen LogP) is 4.95. The summed E-state index contributed by atoms with van der Waals surface area (Å²) in [6, 6.07) is 12.8. The Labute approximate surface area is 210 Å². The van der Waals surface area contributed by atoms with Gasteiger partial charge in [0.1, 0.15) is 6.04 Å². The highest BCUT2D eigenvalue weighted by atomic mass is 35.5. The van der Waals surface area contributed by atoms with Crippen molar-refractivity contribution in [2.45, 2.75) is 45.2 Å². The van der Waals surface area contributed by atoms with Gasteiger partial charge in [0.05, 0.1) is 10.6 Å². The summed E-state index contributed by atoms with van der Waals surface area (Å²) in [5.41, 5.74) is 0.946. The Morgan fingerprint density at radius 1 is 1.03 bits per heavy atom. The summed E-state index contributed by atoms with van der Waals surface area (Å²) in [6.07, 6.45) is 1.92. The maximum Gasteiger partial charge on any atom is 0.321 e. The Hall–Kier alpha value is -2.77. The molecule has 0 saturated carbocycles. The van der Waals surface area contributed by atoms with Crippen molar-refractivity contribution in [1.29, 1.82) is 0 Å². The number of piperidine rings is 1. The van der Waals surface area contributed by atoms with E-state index >= 15 is 0 Å². The van der Waals surface area contributed by atoms with Crippen LogP contribution in [-0.2, 0) is 4.79 Å². The number of hydrogen-bond acceptors (Lipinski definition) is 3. The summed E-state index contributed by atoms with van der Waals surface area (Å²) in [5, 5.41) is 9.59. The number of carbonyl (C=O) groups excluding carboxylic acids is 3. The Morgan fingerprint density at radius 3 is 2.38 bits per heavy atom. The van der Waals surface area contributed by atoms with Crippen molar-refractivity contribution < 1.29 is 14.4 Å². The van der Waals surface area contributed by atoms with Crippen LogP contribution < -0.4 is 16.0 Å². The molecule has 0 spiro atoms. The lowest BCUT2D eigenvalue weighted by molar-refractivity contribution is -0.125. The number of urea groups is 1. The van der Waals surface area contributed by atoms with Crippen molar-refractivity contribution >= 4 is 46.7 Å². The van der Waals surface area contributed by atoms with Crippen molar-refractivity contribution in [1.82, 2.24) is 15.5 Å². The normalized spacial score (nSPS) is 15.8. The molecule has 182 valence electrons. The zero-order valence-corrected chi connectivity index (χ0v) is 20.8. The number of carbonyl (C=O) groups is 3. The molecular formula is C25H30Cl2N4O3. The fraction of sp³-hybridized carbons (Fsp3) is 0.400. The van der Waals surface area contributed by atoms with Crippen LogP contribution in [0.1, 0.15) is 43.5 Å². The molecule has 9 heteroatoms. The van der Waals surface area contributed by atoms with Crippen LogP contribution in [-0.4, -0.2) is 47.9 Å². The lowest BCUT2D eigenvalue weighted by Gasteiger charge is -2.36. The summed E-state index contributed by atoms with van der Waals surface area (Å²) in [4.78, 5) is 40.4. The second-order valence-electron chi connectivity index (χ2n) is 8.51. The van der Waals surface area contributed by atoms with E-state index in [0.29, 0.717) is 47.2 Å². The number of hydrogen-bond donors (Lipinski definition) is 3. The summed E-state index contributed by atoms with van der Waals surface area (Å²) in [6.45, 7) is 4.84. The Balaban J connectivity index is 1.66. The lowest BCUT2D eigenvalue weighted by Crippen LogP contribution is -2.55. The van der Waals surface area contributed by atoms with E-state index in [2.05, 4.69) is 16.0 Å². The highest BCUT2D eigenvalue weighted by molar-refractivity contribution is 6.33. The molecule has 2 aromatic carbocycles. The molecule has 0 bridgehead atoms. The summed E-state index contributed by atoms with van der Waals surface area (Å²) in [5.74, 6) is -0.738. The maximum atomic E-state index is 13.1. The van der Waals surface area contributed by atoms with Crippen LogP contribution in [0.25, 0.3) is 0 Å². The Kier molecular flexibility index (Phi) is 9.19. The lowest BCUT2D eigenvalue weighted by atomic mass is 9.88. The van der Waals surface area contributed by atoms with Gasteiger partial charge in [-0.3, -0.25) is 9.59 Å². The second kappa shape index (κ2) is 12.1. The van der Waals surface area contributed by atoms with Crippen molar-refractivity contribution in [2.75, 3.05) is 18.4 Å². The quantitative estimate of drug-likeness (QED) is 0.498. The van der Waals surface area contributed by atoms with Crippen LogP contribution in [0.5, 0.6) is 0 Å². The molecule has 0 unspecified atom stereocenters. The fourth-order valence-corrected chi connectivity index (χ4v) is 4.31. The van der Waals surface area contributed by atoms with Crippen LogP contribution in [0.2, 0.25) is 10.0 Å². The van der Waals surface area contributed by atoms with Crippen LogP contribution in [0.3, 0.4) is 0 Å². The minimum absolute atomic E-state index is 0.0178. The number of rotatable bonds is 7. The van der Waals surface area contributed by atoms with Gasteiger partial charge in [-0.15, -0.1) is 0 Å². The number of likely N-dealkylation sites (tertiary alicyclic amines) is 1. The molecule has 0 aliphatic carbocycles. The van der Waals surface area contributed by atoms with Crippen LogP contribution in [0.15, 0.2) is 48.5 Å². The maximum absolute atomic E-state index is 13.1. The molecule has 7 nitrogen and oxygen atoms in total. The average molecular weight is 505 g/mol.